The van der Waals surface area contributed by atoms with Crippen molar-refractivity contribution in [2.24, 2.45) is 0 Å². The molecular weight excluding hydrogens is 324 g/mol. The molecule has 0 aliphatic heterocycles. The summed E-state index contributed by atoms with van der Waals surface area (Å²) in [5, 5.41) is 3.92. The Bertz CT molecular complexity index is 704. The number of thiophene rings is 1. The van der Waals surface area contributed by atoms with Crippen LogP contribution in [0.4, 0.5) is 5.69 Å². The van der Waals surface area contributed by atoms with E-state index in [0.717, 1.165) is 14.7 Å². The number of hydrogen-bond acceptors (Lipinski definition) is 3. The van der Waals surface area contributed by atoms with Gasteiger partial charge in [-0.1, -0.05) is 18.2 Å². The van der Waals surface area contributed by atoms with Gasteiger partial charge in [-0.3, -0.25) is 4.79 Å². The highest BCUT2D eigenvalue weighted by atomic mass is 79.9. The van der Waals surface area contributed by atoms with Crippen molar-refractivity contribution in [1.82, 2.24) is 4.98 Å². The molecule has 3 nitrogen and oxygen atoms in total. The van der Waals surface area contributed by atoms with E-state index in [0.29, 0.717) is 10.6 Å². The Morgan fingerprint density at radius 2 is 2.05 bits per heavy atom. The van der Waals surface area contributed by atoms with E-state index in [9.17, 15) is 4.79 Å². The van der Waals surface area contributed by atoms with E-state index < -0.39 is 0 Å². The summed E-state index contributed by atoms with van der Waals surface area (Å²) in [6, 6.07) is 13.5. The van der Waals surface area contributed by atoms with Gasteiger partial charge in [-0.2, -0.15) is 0 Å². The van der Waals surface area contributed by atoms with Crippen LogP contribution in [0.2, 0.25) is 0 Å². The number of aromatic nitrogens is 1. The summed E-state index contributed by atoms with van der Waals surface area (Å²) in [5.41, 5.74) is 0.686. The predicted octanol–water partition coefficient (Wildman–Crippen LogP) is 4.31. The molecule has 0 fully saturated rings. The molecule has 1 aromatic carbocycles. The molecule has 1 N–H and O–H groups in total. The number of anilines is 1. The Balaban J connectivity index is 1.85. The summed E-state index contributed by atoms with van der Waals surface area (Å²) in [6.07, 6.45) is 1.62. The van der Waals surface area contributed by atoms with Gasteiger partial charge in [0.25, 0.3) is 5.91 Å². The minimum Gasteiger partial charge on any atom is -0.320 e. The molecule has 0 aliphatic carbocycles. The fourth-order valence-electron chi connectivity index (χ4n) is 1.74. The van der Waals surface area contributed by atoms with Crippen molar-refractivity contribution < 1.29 is 4.79 Å². The first-order valence-electron chi connectivity index (χ1n) is 5.64. The first-order chi connectivity index (χ1) is 9.22. The molecule has 3 aromatic rings. The van der Waals surface area contributed by atoms with E-state index in [4.69, 9.17) is 0 Å². The molecule has 0 atom stereocenters. The molecule has 0 radical (unpaired) electrons. The molecule has 1 amide bonds. The van der Waals surface area contributed by atoms with E-state index in [2.05, 4.69) is 26.2 Å². The van der Waals surface area contributed by atoms with E-state index in [1.807, 2.05) is 36.4 Å². The Kier molecular flexibility index (Phi) is 3.31. The average molecular weight is 333 g/mol. The van der Waals surface area contributed by atoms with Crippen LogP contribution in [0.1, 0.15) is 9.67 Å². The standard InChI is InChI=1S/C14H9BrN2OS/c15-13-6-5-10(8-16-13)17-14(18)12-7-9-3-1-2-4-11(9)19-12/h1-8H,(H,17,18). The van der Waals surface area contributed by atoms with Crippen molar-refractivity contribution in [3.63, 3.8) is 0 Å². The van der Waals surface area contributed by atoms with E-state index in [1.165, 1.54) is 11.3 Å². The maximum Gasteiger partial charge on any atom is 0.265 e. The normalized spacial score (nSPS) is 10.6. The summed E-state index contributed by atoms with van der Waals surface area (Å²) < 4.78 is 1.86. The smallest absolute Gasteiger partial charge is 0.265 e. The number of nitrogens with one attached hydrogen (secondary N) is 1. The van der Waals surface area contributed by atoms with E-state index in [1.54, 1.807) is 12.3 Å². The lowest BCUT2D eigenvalue weighted by atomic mass is 10.2. The number of hydrogen-bond donors (Lipinski definition) is 1. The van der Waals surface area contributed by atoms with Crippen LogP contribution in [0, 0.1) is 0 Å². The summed E-state index contributed by atoms with van der Waals surface area (Å²) in [7, 11) is 0. The SMILES string of the molecule is O=C(Nc1ccc(Br)nc1)c1cc2ccccc2s1. The second kappa shape index (κ2) is 5.11. The number of pyridine rings is 1. The number of benzene rings is 1. The van der Waals surface area contributed by atoms with Gasteiger partial charge in [0.2, 0.25) is 0 Å². The third-order valence-corrected chi connectivity index (χ3v) is 4.22. The molecule has 2 heterocycles. The first-order valence-corrected chi connectivity index (χ1v) is 7.25. The molecule has 0 unspecified atom stereocenters. The highest BCUT2D eigenvalue weighted by Crippen LogP contribution is 2.25. The molecule has 94 valence electrons. The van der Waals surface area contributed by atoms with Gasteiger partial charge in [0, 0.05) is 4.70 Å². The van der Waals surface area contributed by atoms with Gasteiger partial charge in [0.1, 0.15) is 4.60 Å². The largest absolute Gasteiger partial charge is 0.320 e. The second-order valence-corrected chi connectivity index (χ2v) is 5.87. The molecule has 0 aliphatic rings. The van der Waals surface area contributed by atoms with Gasteiger partial charge < -0.3 is 5.32 Å². The summed E-state index contributed by atoms with van der Waals surface area (Å²) in [6.45, 7) is 0. The first kappa shape index (κ1) is 12.3. The molecule has 0 saturated heterocycles. The van der Waals surface area contributed by atoms with Crippen LogP contribution < -0.4 is 5.32 Å². The number of carbonyl (C=O) groups excluding carboxylic acids is 1. The monoisotopic (exact) mass is 332 g/mol. The summed E-state index contributed by atoms with van der Waals surface area (Å²) in [5.74, 6) is -0.106. The second-order valence-electron chi connectivity index (χ2n) is 3.97. The number of rotatable bonds is 2. The predicted molar refractivity (Wildman–Crippen MR) is 81.7 cm³/mol. The average Bonchev–Trinajstić information content (AvgIpc) is 2.85. The third kappa shape index (κ3) is 2.67. The molecule has 0 bridgehead atoms. The van der Waals surface area contributed by atoms with Crippen LogP contribution in [-0.2, 0) is 0 Å². The lowest BCUT2D eigenvalue weighted by molar-refractivity contribution is 0.103. The van der Waals surface area contributed by atoms with E-state index >= 15 is 0 Å². The van der Waals surface area contributed by atoms with Crippen LogP contribution in [0.5, 0.6) is 0 Å². The molecule has 0 spiro atoms. The van der Waals surface area contributed by atoms with Gasteiger partial charge in [0.15, 0.2) is 0 Å². The maximum absolute atomic E-state index is 12.1. The molecular formula is C14H9BrN2OS. The molecule has 0 saturated carbocycles. The molecule has 5 heteroatoms. The van der Waals surface area contributed by atoms with Gasteiger partial charge in [0.05, 0.1) is 16.8 Å². The zero-order valence-electron chi connectivity index (χ0n) is 9.76. The summed E-state index contributed by atoms with van der Waals surface area (Å²) in [4.78, 5) is 16.9. The van der Waals surface area contributed by atoms with Crippen LogP contribution in [0.25, 0.3) is 10.1 Å². The van der Waals surface area contributed by atoms with Gasteiger partial charge >= 0.3 is 0 Å². The number of amides is 1. The molecule has 3 rings (SSSR count). The van der Waals surface area contributed by atoms with Crippen molar-refractivity contribution in [1.29, 1.82) is 0 Å². The number of nitrogens with zero attached hydrogens (tertiary/aromatic N) is 1. The minimum atomic E-state index is -0.106. The highest BCUT2D eigenvalue weighted by molar-refractivity contribution is 9.10. The van der Waals surface area contributed by atoms with Crippen LogP contribution in [0.3, 0.4) is 0 Å². The van der Waals surface area contributed by atoms with Crippen LogP contribution in [-0.4, -0.2) is 10.9 Å². The van der Waals surface area contributed by atoms with Crippen LogP contribution >= 0.6 is 27.3 Å². The van der Waals surface area contributed by atoms with Gasteiger partial charge in [-0.15, -0.1) is 11.3 Å². The molecule has 2 aromatic heterocycles. The lowest BCUT2D eigenvalue weighted by Crippen LogP contribution is -2.10. The van der Waals surface area contributed by atoms with Gasteiger partial charge in [-0.25, -0.2) is 4.98 Å². The highest BCUT2D eigenvalue weighted by Gasteiger charge is 2.10. The lowest BCUT2D eigenvalue weighted by Gasteiger charge is -2.02. The Hall–Kier alpha value is -1.72. The Morgan fingerprint density at radius 3 is 2.79 bits per heavy atom. The quantitative estimate of drug-likeness (QED) is 0.710. The number of fused-ring (bicyclic) bond motifs is 1. The fourth-order valence-corrected chi connectivity index (χ4v) is 2.93. The van der Waals surface area contributed by atoms with Crippen molar-refractivity contribution >= 4 is 48.9 Å². The minimum absolute atomic E-state index is 0.106. The zero-order valence-corrected chi connectivity index (χ0v) is 12.2. The maximum atomic E-state index is 12.1. The Labute approximate surface area is 122 Å². The van der Waals surface area contributed by atoms with Gasteiger partial charge in [-0.05, 0) is 45.6 Å². The van der Waals surface area contributed by atoms with Crippen molar-refractivity contribution in [3.05, 3.63) is 58.1 Å². The van der Waals surface area contributed by atoms with Crippen LogP contribution in [0.15, 0.2) is 53.3 Å². The number of halogens is 1. The topological polar surface area (TPSA) is 42.0 Å². The van der Waals surface area contributed by atoms with Crippen molar-refractivity contribution in [2.75, 3.05) is 5.32 Å². The number of carbonyl (C=O) groups is 1. The van der Waals surface area contributed by atoms with Crippen molar-refractivity contribution in [2.45, 2.75) is 0 Å². The van der Waals surface area contributed by atoms with E-state index in [-0.39, 0.29) is 5.91 Å². The van der Waals surface area contributed by atoms with Crippen molar-refractivity contribution in [3.8, 4) is 0 Å². The summed E-state index contributed by atoms with van der Waals surface area (Å²) >= 11 is 4.74. The Morgan fingerprint density at radius 1 is 1.21 bits per heavy atom. The third-order valence-electron chi connectivity index (χ3n) is 2.63. The zero-order chi connectivity index (χ0) is 13.2. The fraction of sp³-hybridized carbons (Fsp3) is 0. The molecule has 19 heavy (non-hydrogen) atoms.